The average molecular weight is 378 g/mol. The number of hydrogen-bond donors (Lipinski definition) is 1. The van der Waals surface area contributed by atoms with Crippen molar-refractivity contribution >= 4 is 21.6 Å². The molecule has 1 amide bonds. The molecule has 2 aromatic carbocycles. The van der Waals surface area contributed by atoms with Crippen LogP contribution in [0.4, 0.5) is 10.1 Å². The van der Waals surface area contributed by atoms with Gasteiger partial charge in [-0.2, -0.15) is 0 Å². The number of benzene rings is 2. The van der Waals surface area contributed by atoms with Crippen molar-refractivity contribution < 1.29 is 17.6 Å². The van der Waals surface area contributed by atoms with Crippen molar-refractivity contribution in [1.29, 1.82) is 0 Å². The van der Waals surface area contributed by atoms with Crippen LogP contribution in [0.1, 0.15) is 17.5 Å². The average Bonchev–Trinajstić information content (AvgIpc) is 2.58. The van der Waals surface area contributed by atoms with Gasteiger partial charge in [0.25, 0.3) is 0 Å². The third kappa shape index (κ3) is 5.84. The molecule has 0 saturated heterocycles. The Morgan fingerprint density at radius 3 is 2.38 bits per heavy atom. The predicted octanol–water partition coefficient (Wildman–Crippen LogP) is 2.65. The molecule has 0 atom stereocenters. The normalized spacial score (nSPS) is 11.2. The maximum Gasteiger partial charge on any atom is 0.240 e. The van der Waals surface area contributed by atoms with Crippen molar-refractivity contribution in [3.05, 3.63) is 65.5 Å². The van der Waals surface area contributed by atoms with E-state index < -0.39 is 10.0 Å². The zero-order valence-corrected chi connectivity index (χ0v) is 15.7. The van der Waals surface area contributed by atoms with Gasteiger partial charge in [-0.25, -0.2) is 12.8 Å². The molecular weight excluding hydrogens is 355 g/mol. The van der Waals surface area contributed by atoms with E-state index in [0.29, 0.717) is 25.1 Å². The van der Waals surface area contributed by atoms with Gasteiger partial charge < -0.3 is 5.32 Å². The van der Waals surface area contributed by atoms with Gasteiger partial charge in [-0.1, -0.05) is 30.3 Å². The zero-order valence-electron chi connectivity index (χ0n) is 14.9. The van der Waals surface area contributed by atoms with Crippen LogP contribution in [0.15, 0.2) is 48.5 Å². The number of rotatable bonds is 8. The van der Waals surface area contributed by atoms with E-state index in [4.69, 9.17) is 0 Å². The van der Waals surface area contributed by atoms with Gasteiger partial charge in [0, 0.05) is 6.54 Å². The molecule has 0 heterocycles. The maximum atomic E-state index is 12.9. The molecule has 0 radical (unpaired) electrons. The highest BCUT2D eigenvalue weighted by molar-refractivity contribution is 7.92. The van der Waals surface area contributed by atoms with E-state index in [1.165, 1.54) is 12.1 Å². The molecule has 0 aliphatic heterocycles. The van der Waals surface area contributed by atoms with E-state index in [9.17, 15) is 17.6 Å². The molecule has 0 fully saturated rings. The van der Waals surface area contributed by atoms with Crippen LogP contribution in [0.5, 0.6) is 0 Å². The summed E-state index contributed by atoms with van der Waals surface area (Å²) in [6.45, 7) is 1.95. The molecule has 0 saturated carbocycles. The highest BCUT2D eigenvalue weighted by atomic mass is 32.2. The van der Waals surface area contributed by atoms with Crippen molar-refractivity contribution in [3.63, 3.8) is 0 Å². The van der Waals surface area contributed by atoms with E-state index in [2.05, 4.69) is 5.32 Å². The molecule has 2 rings (SSSR count). The lowest BCUT2D eigenvalue weighted by Gasteiger charge is -2.23. The monoisotopic (exact) mass is 378 g/mol. The molecule has 0 bridgehead atoms. The first-order chi connectivity index (χ1) is 12.3. The lowest BCUT2D eigenvalue weighted by atomic mass is 10.1. The fraction of sp³-hybridized carbons (Fsp3) is 0.316. The molecule has 1 N–H and O–H groups in total. The summed E-state index contributed by atoms with van der Waals surface area (Å²) in [6, 6.07) is 13.3. The van der Waals surface area contributed by atoms with Gasteiger partial charge >= 0.3 is 0 Å². The van der Waals surface area contributed by atoms with Crippen LogP contribution >= 0.6 is 0 Å². The molecule has 140 valence electrons. The number of aryl methyl sites for hydroxylation is 2. The van der Waals surface area contributed by atoms with Crippen LogP contribution in [0.3, 0.4) is 0 Å². The molecule has 0 aliphatic carbocycles. The third-order valence-electron chi connectivity index (χ3n) is 3.95. The molecule has 26 heavy (non-hydrogen) atoms. The number of carbonyl (C=O) groups is 1. The minimum Gasteiger partial charge on any atom is -0.355 e. The van der Waals surface area contributed by atoms with Crippen molar-refractivity contribution in [2.24, 2.45) is 0 Å². The number of nitrogens with zero attached hydrogens (tertiary/aromatic N) is 1. The summed E-state index contributed by atoms with van der Waals surface area (Å²) >= 11 is 0. The largest absolute Gasteiger partial charge is 0.355 e. The second-order valence-corrected chi connectivity index (χ2v) is 8.04. The number of halogens is 1. The number of nitrogens with one attached hydrogen (secondary N) is 1. The van der Waals surface area contributed by atoms with E-state index >= 15 is 0 Å². The molecule has 0 unspecified atom stereocenters. The second-order valence-electron chi connectivity index (χ2n) is 6.14. The Balaban J connectivity index is 1.89. The maximum absolute atomic E-state index is 12.9. The number of carbonyl (C=O) groups excluding carboxylic acids is 1. The number of sulfonamides is 1. The third-order valence-corrected chi connectivity index (χ3v) is 5.08. The first-order valence-corrected chi connectivity index (χ1v) is 10.2. The number of amides is 1. The molecular formula is C19H23FN2O3S. The van der Waals surface area contributed by atoms with Gasteiger partial charge in [0.05, 0.1) is 11.9 Å². The van der Waals surface area contributed by atoms with Gasteiger partial charge in [-0.05, 0) is 49.1 Å². The smallest absolute Gasteiger partial charge is 0.240 e. The van der Waals surface area contributed by atoms with Crippen molar-refractivity contribution in [2.45, 2.75) is 19.8 Å². The van der Waals surface area contributed by atoms with Crippen LogP contribution in [0, 0.1) is 12.7 Å². The van der Waals surface area contributed by atoms with Gasteiger partial charge in [-0.3, -0.25) is 9.10 Å². The van der Waals surface area contributed by atoms with Crippen LogP contribution in [-0.4, -0.2) is 33.7 Å². The van der Waals surface area contributed by atoms with E-state index in [-0.39, 0.29) is 18.3 Å². The summed E-state index contributed by atoms with van der Waals surface area (Å²) in [5.74, 6) is -0.642. The molecule has 7 heteroatoms. The molecule has 2 aromatic rings. The summed E-state index contributed by atoms with van der Waals surface area (Å²) in [6.07, 6.45) is 2.47. The molecule has 0 aromatic heterocycles. The van der Waals surface area contributed by atoms with Gasteiger partial charge in [-0.15, -0.1) is 0 Å². The first-order valence-electron chi connectivity index (χ1n) is 8.32. The summed E-state index contributed by atoms with van der Waals surface area (Å²) < 4.78 is 38.1. The fourth-order valence-electron chi connectivity index (χ4n) is 2.58. The van der Waals surface area contributed by atoms with Crippen LogP contribution in [0.2, 0.25) is 0 Å². The quantitative estimate of drug-likeness (QED) is 0.718. The Hall–Kier alpha value is -2.41. The fourth-order valence-corrected chi connectivity index (χ4v) is 3.50. The van der Waals surface area contributed by atoms with Crippen molar-refractivity contribution in [2.75, 3.05) is 23.7 Å². The highest BCUT2D eigenvalue weighted by Crippen LogP contribution is 2.21. The minimum atomic E-state index is -3.58. The van der Waals surface area contributed by atoms with E-state index in [0.717, 1.165) is 21.7 Å². The number of anilines is 1. The molecule has 0 spiro atoms. The Morgan fingerprint density at radius 2 is 1.77 bits per heavy atom. The van der Waals surface area contributed by atoms with E-state index in [1.54, 1.807) is 37.3 Å². The van der Waals surface area contributed by atoms with Gasteiger partial charge in [0.15, 0.2) is 0 Å². The highest BCUT2D eigenvalue weighted by Gasteiger charge is 2.21. The predicted molar refractivity (Wildman–Crippen MR) is 101 cm³/mol. The number of para-hydroxylation sites is 1. The SMILES string of the molecule is Cc1ccccc1N(CC(=O)NCCCc1ccc(F)cc1)S(C)(=O)=O. The molecule has 0 aliphatic rings. The Morgan fingerprint density at radius 1 is 1.12 bits per heavy atom. The Labute approximate surface area is 153 Å². The van der Waals surface area contributed by atoms with Crippen LogP contribution in [0.25, 0.3) is 0 Å². The van der Waals surface area contributed by atoms with Gasteiger partial charge in [0.1, 0.15) is 12.4 Å². The zero-order chi connectivity index (χ0) is 19.2. The lowest BCUT2D eigenvalue weighted by molar-refractivity contribution is -0.119. The summed E-state index contributed by atoms with van der Waals surface area (Å²) in [5, 5.41) is 2.74. The van der Waals surface area contributed by atoms with Gasteiger partial charge in [0.2, 0.25) is 15.9 Å². The topological polar surface area (TPSA) is 66.5 Å². The van der Waals surface area contributed by atoms with E-state index in [1.807, 2.05) is 6.07 Å². The molecule has 5 nitrogen and oxygen atoms in total. The Bertz CT molecular complexity index is 851. The second kappa shape index (κ2) is 8.80. The standard InChI is InChI=1S/C19H23FN2O3S/c1-15-6-3-4-8-18(15)22(26(2,24)25)14-19(23)21-13-5-7-16-9-11-17(20)12-10-16/h3-4,6,8-12H,5,7,13-14H2,1-2H3,(H,21,23). The summed E-state index contributed by atoms with van der Waals surface area (Å²) in [5.41, 5.74) is 2.26. The van der Waals surface area contributed by atoms with Crippen LogP contribution < -0.4 is 9.62 Å². The minimum absolute atomic E-state index is 0.264. The number of hydrogen-bond acceptors (Lipinski definition) is 3. The lowest BCUT2D eigenvalue weighted by Crippen LogP contribution is -2.41. The Kier molecular flexibility index (Phi) is 6.74. The first kappa shape index (κ1) is 19.9. The summed E-state index contributed by atoms with van der Waals surface area (Å²) in [7, 11) is -3.58. The van der Waals surface area contributed by atoms with Crippen molar-refractivity contribution in [1.82, 2.24) is 5.32 Å². The van der Waals surface area contributed by atoms with Crippen LogP contribution in [-0.2, 0) is 21.2 Å². The van der Waals surface area contributed by atoms with Crippen molar-refractivity contribution in [3.8, 4) is 0 Å². The summed E-state index contributed by atoms with van der Waals surface area (Å²) in [4.78, 5) is 12.2.